The second-order valence-corrected chi connectivity index (χ2v) is 5.79. The van der Waals surface area contributed by atoms with E-state index in [2.05, 4.69) is 52.1 Å². The number of piperidine rings is 1. The Morgan fingerprint density at radius 2 is 1.77 bits per heavy atom. The zero-order chi connectivity index (χ0) is 15.5. The maximum absolute atomic E-state index is 6.10. The fourth-order valence-electron chi connectivity index (χ4n) is 3.29. The van der Waals surface area contributed by atoms with Crippen LogP contribution in [-0.2, 0) is 6.42 Å². The maximum atomic E-state index is 6.10. The molecule has 5 nitrogen and oxygen atoms in total. The summed E-state index contributed by atoms with van der Waals surface area (Å²) in [5.74, 6) is 1.39. The Kier molecular flexibility index (Phi) is 4.13. The topological polar surface area (TPSA) is 81.1 Å². The van der Waals surface area contributed by atoms with E-state index >= 15 is 0 Å². The summed E-state index contributed by atoms with van der Waals surface area (Å²) < 4.78 is 0. The minimum atomic E-state index is 0.261. The molecule has 0 saturated carbocycles. The lowest BCUT2D eigenvalue weighted by atomic mass is 9.89. The Bertz CT molecular complexity index is 633. The predicted molar refractivity (Wildman–Crippen MR) is 90.9 cm³/mol. The Hall–Kier alpha value is -2.30. The number of aromatic nitrogens is 2. The Balaban J connectivity index is 1.77. The highest BCUT2D eigenvalue weighted by molar-refractivity contribution is 5.68. The first-order valence-electron chi connectivity index (χ1n) is 7.90. The van der Waals surface area contributed by atoms with Gasteiger partial charge in [-0.2, -0.15) is 4.98 Å². The lowest BCUT2D eigenvalue weighted by Gasteiger charge is -2.35. The first-order valence-corrected chi connectivity index (χ1v) is 7.90. The van der Waals surface area contributed by atoms with E-state index in [9.17, 15) is 0 Å². The molecule has 4 N–H and O–H groups in total. The molecule has 116 valence electrons. The summed E-state index contributed by atoms with van der Waals surface area (Å²) >= 11 is 0. The summed E-state index contributed by atoms with van der Waals surface area (Å²) in [6.07, 6.45) is 3.05. The van der Waals surface area contributed by atoms with E-state index < -0.39 is 0 Å². The van der Waals surface area contributed by atoms with Crippen molar-refractivity contribution in [1.82, 2.24) is 9.97 Å². The molecule has 1 aromatic heterocycles. The van der Waals surface area contributed by atoms with Gasteiger partial charge in [-0.1, -0.05) is 37.3 Å². The minimum absolute atomic E-state index is 0.261. The van der Waals surface area contributed by atoms with Crippen molar-refractivity contribution < 1.29 is 0 Å². The number of benzene rings is 1. The number of rotatable bonds is 3. The highest BCUT2D eigenvalue weighted by atomic mass is 15.2. The van der Waals surface area contributed by atoms with E-state index in [0.717, 1.165) is 43.7 Å². The fourth-order valence-corrected chi connectivity index (χ4v) is 3.29. The van der Waals surface area contributed by atoms with Gasteiger partial charge in [-0.3, -0.25) is 0 Å². The van der Waals surface area contributed by atoms with Gasteiger partial charge in [-0.05, 0) is 30.7 Å². The Morgan fingerprint density at radius 3 is 2.41 bits per heavy atom. The standard InChI is InChI=1S/C17H23N5/c1-2-14-15(16(18)21-17(19)20-14)22-10-8-13(9-11-22)12-6-4-3-5-7-12/h3-7,13H,2,8-11H2,1H3,(H4,18,19,20,21). The SMILES string of the molecule is CCc1nc(N)nc(N)c1N1CCC(c2ccccc2)CC1. The third kappa shape index (κ3) is 2.84. The molecule has 1 fully saturated rings. The zero-order valence-corrected chi connectivity index (χ0v) is 13.0. The number of hydrogen-bond acceptors (Lipinski definition) is 5. The van der Waals surface area contributed by atoms with Gasteiger partial charge in [0.25, 0.3) is 0 Å². The third-order valence-corrected chi connectivity index (χ3v) is 4.42. The van der Waals surface area contributed by atoms with Crippen molar-refractivity contribution in [1.29, 1.82) is 0 Å². The Morgan fingerprint density at radius 1 is 1.09 bits per heavy atom. The van der Waals surface area contributed by atoms with E-state index in [4.69, 9.17) is 11.5 Å². The van der Waals surface area contributed by atoms with Gasteiger partial charge in [0.1, 0.15) is 5.69 Å². The molecule has 0 atom stereocenters. The molecule has 0 radical (unpaired) electrons. The maximum Gasteiger partial charge on any atom is 0.222 e. The van der Waals surface area contributed by atoms with Crippen molar-refractivity contribution in [3.63, 3.8) is 0 Å². The van der Waals surface area contributed by atoms with E-state index in [1.165, 1.54) is 5.56 Å². The summed E-state index contributed by atoms with van der Waals surface area (Å²) in [6.45, 7) is 4.02. The summed E-state index contributed by atoms with van der Waals surface area (Å²) in [5, 5.41) is 0. The predicted octanol–water partition coefficient (Wildman–Crippen LogP) is 2.59. The van der Waals surface area contributed by atoms with E-state index in [0.29, 0.717) is 11.7 Å². The minimum Gasteiger partial charge on any atom is -0.382 e. The van der Waals surface area contributed by atoms with Gasteiger partial charge in [-0.25, -0.2) is 4.98 Å². The quantitative estimate of drug-likeness (QED) is 0.910. The number of nitrogens with zero attached hydrogens (tertiary/aromatic N) is 3. The number of nitrogens with two attached hydrogens (primary N) is 2. The van der Waals surface area contributed by atoms with Crippen LogP contribution in [0.1, 0.15) is 36.9 Å². The number of hydrogen-bond donors (Lipinski definition) is 2. The van der Waals surface area contributed by atoms with E-state index in [-0.39, 0.29) is 5.95 Å². The molecule has 0 aliphatic carbocycles. The van der Waals surface area contributed by atoms with Crippen molar-refractivity contribution in [3.05, 3.63) is 41.6 Å². The van der Waals surface area contributed by atoms with Gasteiger partial charge < -0.3 is 16.4 Å². The van der Waals surface area contributed by atoms with Crippen LogP contribution in [0.2, 0.25) is 0 Å². The van der Waals surface area contributed by atoms with Crippen LogP contribution < -0.4 is 16.4 Å². The van der Waals surface area contributed by atoms with Crippen LogP contribution in [0.4, 0.5) is 17.5 Å². The molecule has 1 aliphatic rings. The molecule has 0 unspecified atom stereocenters. The van der Waals surface area contributed by atoms with Crippen LogP contribution >= 0.6 is 0 Å². The molecule has 5 heteroatoms. The van der Waals surface area contributed by atoms with Gasteiger partial charge >= 0.3 is 0 Å². The average Bonchev–Trinajstić information content (AvgIpc) is 2.55. The first kappa shape index (κ1) is 14.6. The molecule has 1 aliphatic heterocycles. The van der Waals surface area contributed by atoms with Crippen LogP contribution in [-0.4, -0.2) is 23.1 Å². The lowest BCUT2D eigenvalue weighted by Crippen LogP contribution is -2.34. The number of anilines is 3. The van der Waals surface area contributed by atoms with Gasteiger partial charge in [0.2, 0.25) is 5.95 Å². The van der Waals surface area contributed by atoms with E-state index in [1.807, 2.05) is 0 Å². The van der Waals surface area contributed by atoms with Crippen LogP contribution in [0.15, 0.2) is 30.3 Å². The van der Waals surface area contributed by atoms with Crippen LogP contribution in [0.5, 0.6) is 0 Å². The molecular weight excluding hydrogens is 274 g/mol. The van der Waals surface area contributed by atoms with Crippen LogP contribution in [0, 0.1) is 0 Å². The van der Waals surface area contributed by atoms with Gasteiger partial charge in [-0.15, -0.1) is 0 Å². The average molecular weight is 297 g/mol. The summed E-state index contributed by atoms with van der Waals surface area (Å²) in [7, 11) is 0. The fraction of sp³-hybridized carbons (Fsp3) is 0.412. The highest BCUT2D eigenvalue weighted by Gasteiger charge is 2.24. The first-order chi connectivity index (χ1) is 10.7. The molecule has 2 heterocycles. The Labute approximate surface area is 131 Å². The molecule has 0 bridgehead atoms. The molecule has 0 amide bonds. The summed E-state index contributed by atoms with van der Waals surface area (Å²) in [5.41, 5.74) is 15.2. The third-order valence-electron chi connectivity index (χ3n) is 4.42. The molecule has 3 rings (SSSR count). The molecule has 2 aromatic rings. The van der Waals surface area contributed by atoms with Crippen molar-refractivity contribution >= 4 is 17.5 Å². The molecule has 1 saturated heterocycles. The second-order valence-electron chi connectivity index (χ2n) is 5.79. The normalized spacial score (nSPS) is 16.0. The molecule has 0 spiro atoms. The van der Waals surface area contributed by atoms with Crippen molar-refractivity contribution in [2.45, 2.75) is 32.1 Å². The monoisotopic (exact) mass is 297 g/mol. The number of nitrogen functional groups attached to an aromatic ring is 2. The highest BCUT2D eigenvalue weighted by Crippen LogP contribution is 2.34. The summed E-state index contributed by atoms with van der Waals surface area (Å²) in [4.78, 5) is 10.8. The molecular formula is C17H23N5. The van der Waals surface area contributed by atoms with Gasteiger partial charge in [0, 0.05) is 13.1 Å². The zero-order valence-electron chi connectivity index (χ0n) is 13.0. The summed E-state index contributed by atoms with van der Waals surface area (Å²) in [6, 6.07) is 10.7. The van der Waals surface area contributed by atoms with Crippen molar-refractivity contribution in [2.75, 3.05) is 29.5 Å². The molecule has 22 heavy (non-hydrogen) atoms. The van der Waals surface area contributed by atoms with Crippen LogP contribution in [0.25, 0.3) is 0 Å². The molecule has 1 aromatic carbocycles. The van der Waals surface area contributed by atoms with Gasteiger partial charge in [0.05, 0.1) is 5.69 Å². The van der Waals surface area contributed by atoms with Crippen molar-refractivity contribution in [3.8, 4) is 0 Å². The van der Waals surface area contributed by atoms with Gasteiger partial charge in [0.15, 0.2) is 5.82 Å². The van der Waals surface area contributed by atoms with Crippen molar-refractivity contribution in [2.24, 2.45) is 0 Å². The second kappa shape index (κ2) is 6.22. The van der Waals surface area contributed by atoms with E-state index in [1.54, 1.807) is 0 Å². The smallest absolute Gasteiger partial charge is 0.222 e. The van der Waals surface area contributed by atoms with Crippen LogP contribution in [0.3, 0.4) is 0 Å². The number of aryl methyl sites for hydroxylation is 1. The lowest BCUT2D eigenvalue weighted by molar-refractivity contribution is 0.504. The largest absolute Gasteiger partial charge is 0.382 e.